The normalized spacial score (nSPS) is 27.4. The van der Waals surface area contributed by atoms with Crippen molar-refractivity contribution in [2.45, 2.75) is 72.1 Å². The minimum absolute atomic E-state index is 0.0436. The van der Waals surface area contributed by atoms with Crippen LogP contribution in [-0.4, -0.2) is 54.1 Å². The van der Waals surface area contributed by atoms with E-state index in [-0.39, 0.29) is 23.1 Å². The Morgan fingerprint density at radius 2 is 1.68 bits per heavy atom. The van der Waals surface area contributed by atoms with E-state index in [0.717, 1.165) is 12.0 Å². The minimum Gasteiger partial charge on any atom is -0.343 e. The van der Waals surface area contributed by atoms with Crippen LogP contribution >= 0.6 is 0 Å². The SMILES string of the molecule is CC[C@H](C)[C@H](NC(=O)C(C)(C)N(Cc1ccccc1)C(C)=O)C12OCC(C)(CO1)CO2. The lowest BCUT2D eigenvalue weighted by Gasteiger charge is -2.54. The summed E-state index contributed by atoms with van der Waals surface area (Å²) in [7, 11) is 0. The van der Waals surface area contributed by atoms with Gasteiger partial charge in [-0.2, -0.15) is 0 Å². The molecule has 0 radical (unpaired) electrons. The van der Waals surface area contributed by atoms with E-state index in [2.05, 4.69) is 19.2 Å². The van der Waals surface area contributed by atoms with Crippen molar-refractivity contribution in [3.63, 3.8) is 0 Å². The number of nitrogens with zero attached hydrogens (tertiary/aromatic N) is 1. The molecular weight excluding hydrogens is 396 g/mol. The lowest BCUT2D eigenvalue weighted by molar-refractivity contribution is -0.476. The third-order valence-corrected chi connectivity index (χ3v) is 6.54. The number of benzene rings is 1. The Morgan fingerprint density at radius 3 is 2.16 bits per heavy atom. The summed E-state index contributed by atoms with van der Waals surface area (Å²) in [6, 6.07) is 9.16. The molecule has 0 aromatic heterocycles. The molecule has 0 spiro atoms. The van der Waals surface area contributed by atoms with E-state index >= 15 is 0 Å². The third-order valence-electron chi connectivity index (χ3n) is 6.54. The molecule has 3 aliphatic heterocycles. The highest BCUT2D eigenvalue weighted by Crippen LogP contribution is 2.42. The molecule has 4 rings (SSSR count). The lowest BCUT2D eigenvalue weighted by atomic mass is 9.88. The van der Waals surface area contributed by atoms with Gasteiger partial charge in [-0.05, 0) is 25.3 Å². The topological polar surface area (TPSA) is 77.1 Å². The fourth-order valence-corrected chi connectivity index (χ4v) is 4.07. The van der Waals surface area contributed by atoms with Crippen molar-refractivity contribution < 1.29 is 23.8 Å². The van der Waals surface area contributed by atoms with Gasteiger partial charge in [0.15, 0.2) is 0 Å². The van der Waals surface area contributed by atoms with Crippen LogP contribution in [-0.2, 0) is 30.3 Å². The quantitative estimate of drug-likeness (QED) is 0.683. The van der Waals surface area contributed by atoms with Crippen LogP contribution in [0, 0.1) is 11.3 Å². The maximum absolute atomic E-state index is 13.5. The molecule has 2 amide bonds. The maximum Gasteiger partial charge on any atom is 0.304 e. The van der Waals surface area contributed by atoms with Gasteiger partial charge in [-0.15, -0.1) is 0 Å². The molecule has 31 heavy (non-hydrogen) atoms. The van der Waals surface area contributed by atoms with Crippen LogP contribution in [0.5, 0.6) is 0 Å². The van der Waals surface area contributed by atoms with Crippen molar-refractivity contribution in [2.75, 3.05) is 19.8 Å². The number of amides is 2. The highest BCUT2D eigenvalue weighted by Gasteiger charge is 2.57. The Labute approximate surface area is 185 Å². The van der Waals surface area contributed by atoms with Crippen molar-refractivity contribution in [3.05, 3.63) is 35.9 Å². The largest absolute Gasteiger partial charge is 0.343 e. The smallest absolute Gasteiger partial charge is 0.304 e. The van der Waals surface area contributed by atoms with E-state index in [9.17, 15) is 9.59 Å². The van der Waals surface area contributed by atoms with Gasteiger partial charge in [0.1, 0.15) is 11.6 Å². The van der Waals surface area contributed by atoms with E-state index in [1.165, 1.54) is 6.92 Å². The zero-order valence-electron chi connectivity index (χ0n) is 19.6. The van der Waals surface area contributed by atoms with E-state index in [0.29, 0.717) is 26.4 Å². The fraction of sp³-hybridized carbons (Fsp3) is 0.667. The van der Waals surface area contributed by atoms with Gasteiger partial charge in [0.25, 0.3) is 0 Å². The van der Waals surface area contributed by atoms with Crippen LogP contribution in [0.25, 0.3) is 0 Å². The molecule has 2 atom stereocenters. The number of rotatable bonds is 8. The number of carbonyl (C=O) groups excluding carboxylic acids is 2. The van der Waals surface area contributed by atoms with Crippen molar-refractivity contribution >= 4 is 11.8 Å². The molecule has 1 N–H and O–H groups in total. The first-order chi connectivity index (χ1) is 14.5. The van der Waals surface area contributed by atoms with Gasteiger partial charge in [-0.1, -0.05) is 57.5 Å². The summed E-state index contributed by atoms with van der Waals surface area (Å²) in [5.41, 5.74) is -0.280. The summed E-state index contributed by atoms with van der Waals surface area (Å²) in [5.74, 6) is -1.69. The zero-order valence-corrected chi connectivity index (χ0v) is 19.6. The molecule has 7 nitrogen and oxygen atoms in total. The van der Waals surface area contributed by atoms with Gasteiger partial charge in [-0.25, -0.2) is 0 Å². The van der Waals surface area contributed by atoms with E-state index in [1.807, 2.05) is 37.3 Å². The second-order valence-corrected chi connectivity index (χ2v) is 9.77. The molecule has 0 aliphatic carbocycles. The van der Waals surface area contributed by atoms with Gasteiger partial charge < -0.3 is 24.4 Å². The van der Waals surface area contributed by atoms with Crippen LogP contribution in [0.1, 0.15) is 53.5 Å². The van der Waals surface area contributed by atoms with Crippen molar-refractivity contribution in [3.8, 4) is 0 Å². The summed E-state index contributed by atoms with van der Waals surface area (Å²) in [6.45, 7) is 13.1. The molecule has 2 bridgehead atoms. The number of fused-ring (bicyclic) bond motifs is 3. The van der Waals surface area contributed by atoms with Crippen LogP contribution in [0.2, 0.25) is 0 Å². The lowest BCUT2D eigenvalue weighted by Crippen LogP contribution is -2.70. The van der Waals surface area contributed by atoms with Crippen LogP contribution in [0.3, 0.4) is 0 Å². The predicted octanol–water partition coefficient (Wildman–Crippen LogP) is 3.08. The molecule has 1 aromatic carbocycles. The zero-order chi connectivity index (χ0) is 22.9. The van der Waals surface area contributed by atoms with Crippen molar-refractivity contribution in [1.82, 2.24) is 10.2 Å². The molecule has 3 fully saturated rings. The Hall–Kier alpha value is -1.96. The Balaban J connectivity index is 1.81. The molecule has 0 unspecified atom stereocenters. The number of hydrogen-bond donors (Lipinski definition) is 1. The van der Waals surface area contributed by atoms with E-state index in [1.54, 1.807) is 18.7 Å². The summed E-state index contributed by atoms with van der Waals surface area (Å²) in [6.07, 6.45) is 0.806. The van der Waals surface area contributed by atoms with Gasteiger partial charge in [0, 0.05) is 18.9 Å². The number of hydrogen-bond acceptors (Lipinski definition) is 5. The first-order valence-corrected chi connectivity index (χ1v) is 11.1. The van der Waals surface area contributed by atoms with Gasteiger partial charge in [0.2, 0.25) is 11.8 Å². The van der Waals surface area contributed by atoms with Crippen LogP contribution < -0.4 is 5.32 Å². The highest BCUT2D eigenvalue weighted by atomic mass is 16.9. The molecule has 172 valence electrons. The van der Waals surface area contributed by atoms with E-state index < -0.39 is 17.6 Å². The number of nitrogens with one attached hydrogen (secondary N) is 1. The Morgan fingerprint density at radius 1 is 1.13 bits per heavy atom. The van der Waals surface area contributed by atoms with Gasteiger partial charge >= 0.3 is 5.97 Å². The second-order valence-electron chi connectivity index (χ2n) is 9.77. The summed E-state index contributed by atoms with van der Waals surface area (Å²) in [4.78, 5) is 27.6. The summed E-state index contributed by atoms with van der Waals surface area (Å²) in [5, 5.41) is 3.12. The number of ether oxygens (including phenoxy) is 3. The molecule has 3 saturated heterocycles. The minimum atomic E-state index is -1.29. The standard InChI is InChI=1S/C24H36N2O5/c1-7-17(2)20(24-29-14-23(6,15-30-24)16-31-24)25-21(28)22(4,5)26(18(3)27)13-19-11-9-8-10-12-19/h8-12,17,20H,7,13-16H2,1-6H3,(H,25,28)/t17-,20-,23?,24?/m0/s1. The predicted molar refractivity (Wildman–Crippen MR) is 117 cm³/mol. The highest BCUT2D eigenvalue weighted by molar-refractivity contribution is 5.90. The average Bonchev–Trinajstić information content (AvgIpc) is 2.76. The van der Waals surface area contributed by atoms with E-state index in [4.69, 9.17) is 14.2 Å². The Kier molecular flexibility index (Phi) is 6.79. The van der Waals surface area contributed by atoms with Crippen LogP contribution in [0.4, 0.5) is 0 Å². The fourth-order valence-electron chi connectivity index (χ4n) is 4.07. The molecule has 3 aliphatic rings. The molecular formula is C24H36N2O5. The summed E-state index contributed by atoms with van der Waals surface area (Å²) >= 11 is 0. The Bertz CT molecular complexity index is 770. The average molecular weight is 433 g/mol. The van der Waals surface area contributed by atoms with Crippen molar-refractivity contribution in [2.24, 2.45) is 11.3 Å². The van der Waals surface area contributed by atoms with Crippen molar-refractivity contribution in [1.29, 1.82) is 0 Å². The molecule has 7 heteroatoms. The molecule has 0 saturated carbocycles. The molecule has 3 heterocycles. The first-order valence-electron chi connectivity index (χ1n) is 11.1. The second kappa shape index (κ2) is 8.88. The third kappa shape index (κ3) is 4.78. The monoisotopic (exact) mass is 432 g/mol. The number of carbonyl (C=O) groups is 2. The first kappa shape index (κ1) is 23.7. The summed E-state index contributed by atoms with van der Waals surface area (Å²) < 4.78 is 18.1. The molecule has 1 aromatic rings. The van der Waals surface area contributed by atoms with Crippen LogP contribution in [0.15, 0.2) is 30.3 Å². The maximum atomic E-state index is 13.5. The van der Waals surface area contributed by atoms with Gasteiger partial charge in [0.05, 0.1) is 19.8 Å². The van der Waals surface area contributed by atoms with Gasteiger partial charge in [-0.3, -0.25) is 9.59 Å².